The lowest BCUT2D eigenvalue weighted by Crippen LogP contribution is -2.50. The van der Waals surface area contributed by atoms with Crippen LogP contribution in [-0.2, 0) is 6.54 Å². The van der Waals surface area contributed by atoms with Gasteiger partial charge in [-0.2, -0.15) is 0 Å². The second-order valence-corrected chi connectivity index (χ2v) is 6.47. The van der Waals surface area contributed by atoms with Gasteiger partial charge in [-0.1, -0.05) is 12.1 Å². The van der Waals surface area contributed by atoms with Crippen LogP contribution in [0.1, 0.15) is 37.8 Å². The minimum Gasteiger partial charge on any atom is -0.494 e. The maximum atomic E-state index is 11.2. The number of hydrogen-bond donors (Lipinski definition) is 3. The standard InChI is InChI=1S/C19H31N5O2/c1-4-21-19(23-16-8-10-24(11-9-16)18(20)25)22-13-15-6-7-17(26-5-2)14(3)12-15/h6-7,12,16H,4-5,8-11,13H2,1-3H3,(H2,20,25)(H2,21,22,23). The Kier molecular flexibility index (Phi) is 7.56. The number of hydrogen-bond acceptors (Lipinski definition) is 3. The highest BCUT2D eigenvalue weighted by Crippen LogP contribution is 2.19. The first-order valence-electron chi connectivity index (χ1n) is 9.35. The first kappa shape index (κ1) is 19.9. The molecule has 0 aliphatic carbocycles. The number of nitrogens with one attached hydrogen (secondary N) is 2. The molecule has 0 aromatic heterocycles. The molecule has 0 saturated carbocycles. The van der Waals surface area contributed by atoms with Gasteiger partial charge in [0.1, 0.15) is 5.75 Å². The molecule has 26 heavy (non-hydrogen) atoms. The molecule has 1 heterocycles. The summed E-state index contributed by atoms with van der Waals surface area (Å²) in [5, 5.41) is 6.76. The van der Waals surface area contributed by atoms with Crippen LogP contribution in [0.2, 0.25) is 0 Å². The van der Waals surface area contributed by atoms with E-state index in [1.54, 1.807) is 4.90 Å². The van der Waals surface area contributed by atoms with Crippen LogP contribution < -0.4 is 21.1 Å². The maximum Gasteiger partial charge on any atom is 0.314 e. The van der Waals surface area contributed by atoms with Gasteiger partial charge < -0.3 is 26.0 Å². The second kappa shape index (κ2) is 9.89. The molecule has 1 saturated heterocycles. The van der Waals surface area contributed by atoms with Crippen molar-refractivity contribution in [3.8, 4) is 5.75 Å². The number of primary amides is 1. The number of guanidine groups is 1. The Morgan fingerprint density at radius 3 is 2.65 bits per heavy atom. The molecular weight excluding hydrogens is 330 g/mol. The molecule has 1 aromatic carbocycles. The molecule has 1 aliphatic rings. The quantitative estimate of drug-likeness (QED) is 0.534. The molecule has 0 spiro atoms. The molecule has 7 nitrogen and oxygen atoms in total. The predicted molar refractivity (Wildman–Crippen MR) is 104 cm³/mol. The van der Waals surface area contributed by atoms with E-state index in [0.717, 1.165) is 42.2 Å². The number of nitrogens with zero attached hydrogens (tertiary/aromatic N) is 2. The molecule has 2 amide bonds. The lowest BCUT2D eigenvalue weighted by atomic mass is 10.1. The number of piperidine rings is 1. The van der Waals surface area contributed by atoms with E-state index in [1.807, 2.05) is 26.8 Å². The van der Waals surface area contributed by atoms with Crippen molar-refractivity contribution < 1.29 is 9.53 Å². The van der Waals surface area contributed by atoms with E-state index in [0.29, 0.717) is 32.3 Å². The van der Waals surface area contributed by atoms with Gasteiger partial charge in [0, 0.05) is 25.7 Å². The van der Waals surface area contributed by atoms with Crippen LogP contribution >= 0.6 is 0 Å². The summed E-state index contributed by atoms with van der Waals surface area (Å²) in [6.07, 6.45) is 1.74. The van der Waals surface area contributed by atoms with Gasteiger partial charge in [-0.15, -0.1) is 0 Å². The number of aliphatic imine (C=N–C) groups is 1. The fourth-order valence-electron chi connectivity index (χ4n) is 3.06. The molecule has 0 unspecified atom stereocenters. The normalized spacial score (nSPS) is 15.7. The molecule has 4 N–H and O–H groups in total. The first-order chi connectivity index (χ1) is 12.5. The van der Waals surface area contributed by atoms with Crippen LogP contribution in [0.5, 0.6) is 5.75 Å². The number of ether oxygens (including phenoxy) is 1. The van der Waals surface area contributed by atoms with Crippen LogP contribution in [0, 0.1) is 6.92 Å². The summed E-state index contributed by atoms with van der Waals surface area (Å²) in [7, 11) is 0. The van der Waals surface area contributed by atoms with Crippen molar-refractivity contribution in [1.29, 1.82) is 0 Å². The average Bonchev–Trinajstić information content (AvgIpc) is 2.62. The lowest BCUT2D eigenvalue weighted by molar-refractivity contribution is 0.188. The monoisotopic (exact) mass is 361 g/mol. The molecule has 2 rings (SSSR count). The van der Waals surface area contributed by atoms with Crippen molar-refractivity contribution in [3.05, 3.63) is 29.3 Å². The van der Waals surface area contributed by atoms with E-state index >= 15 is 0 Å². The number of amides is 2. The Morgan fingerprint density at radius 2 is 2.08 bits per heavy atom. The highest BCUT2D eigenvalue weighted by atomic mass is 16.5. The van der Waals surface area contributed by atoms with Gasteiger partial charge >= 0.3 is 6.03 Å². The number of aryl methyl sites for hydroxylation is 1. The van der Waals surface area contributed by atoms with E-state index in [1.165, 1.54) is 0 Å². The van der Waals surface area contributed by atoms with Gasteiger partial charge in [0.15, 0.2) is 5.96 Å². The Hall–Kier alpha value is -2.44. The highest BCUT2D eigenvalue weighted by molar-refractivity contribution is 5.80. The van der Waals surface area contributed by atoms with E-state index in [4.69, 9.17) is 15.5 Å². The lowest BCUT2D eigenvalue weighted by Gasteiger charge is -2.32. The van der Waals surface area contributed by atoms with Crippen LogP contribution in [0.25, 0.3) is 0 Å². The second-order valence-electron chi connectivity index (χ2n) is 6.47. The van der Waals surface area contributed by atoms with Gasteiger partial charge in [0.2, 0.25) is 0 Å². The fourth-order valence-corrected chi connectivity index (χ4v) is 3.06. The van der Waals surface area contributed by atoms with Crippen molar-refractivity contribution >= 4 is 12.0 Å². The first-order valence-corrected chi connectivity index (χ1v) is 9.35. The number of carbonyl (C=O) groups excluding carboxylic acids is 1. The van der Waals surface area contributed by atoms with Crippen LogP contribution in [0.15, 0.2) is 23.2 Å². The van der Waals surface area contributed by atoms with E-state index in [2.05, 4.69) is 22.8 Å². The molecule has 144 valence electrons. The summed E-state index contributed by atoms with van der Waals surface area (Å²) in [4.78, 5) is 17.6. The molecule has 1 aromatic rings. The summed E-state index contributed by atoms with van der Waals surface area (Å²) in [5.74, 6) is 1.73. The zero-order valence-corrected chi connectivity index (χ0v) is 16.0. The predicted octanol–water partition coefficient (Wildman–Crippen LogP) is 1.99. The van der Waals surface area contributed by atoms with Crippen molar-refractivity contribution in [2.24, 2.45) is 10.7 Å². The molecule has 0 atom stereocenters. The summed E-state index contributed by atoms with van der Waals surface area (Å²) >= 11 is 0. The van der Waals surface area contributed by atoms with E-state index < -0.39 is 0 Å². The van der Waals surface area contributed by atoms with E-state index in [9.17, 15) is 4.79 Å². The number of nitrogens with two attached hydrogens (primary N) is 1. The number of carbonyl (C=O) groups is 1. The average molecular weight is 361 g/mol. The minimum atomic E-state index is -0.338. The summed E-state index contributed by atoms with van der Waals surface area (Å²) in [6.45, 7) is 9.52. The van der Waals surface area contributed by atoms with Gasteiger partial charge in [-0.05, 0) is 50.8 Å². The van der Waals surface area contributed by atoms with Crippen molar-refractivity contribution in [3.63, 3.8) is 0 Å². The van der Waals surface area contributed by atoms with Crippen LogP contribution in [-0.4, -0.2) is 49.2 Å². The largest absolute Gasteiger partial charge is 0.494 e. The maximum absolute atomic E-state index is 11.2. The fraction of sp³-hybridized carbons (Fsp3) is 0.579. The highest BCUT2D eigenvalue weighted by Gasteiger charge is 2.21. The Balaban J connectivity index is 1.94. The minimum absolute atomic E-state index is 0.297. The third-order valence-electron chi connectivity index (χ3n) is 4.45. The summed E-state index contributed by atoms with van der Waals surface area (Å²) in [5.41, 5.74) is 7.60. The van der Waals surface area contributed by atoms with Crippen LogP contribution in [0.3, 0.4) is 0 Å². The Bertz CT molecular complexity index is 624. The SMILES string of the molecule is CCNC(=NCc1ccc(OCC)c(C)c1)NC1CCN(C(N)=O)CC1. The summed E-state index contributed by atoms with van der Waals surface area (Å²) < 4.78 is 5.58. The van der Waals surface area contributed by atoms with Gasteiger partial charge in [0.05, 0.1) is 13.2 Å². The van der Waals surface area contributed by atoms with Crippen molar-refractivity contribution in [2.75, 3.05) is 26.2 Å². The third kappa shape index (κ3) is 5.82. The molecule has 1 aliphatic heterocycles. The van der Waals surface area contributed by atoms with Crippen molar-refractivity contribution in [1.82, 2.24) is 15.5 Å². The number of likely N-dealkylation sites (tertiary alicyclic amines) is 1. The zero-order valence-electron chi connectivity index (χ0n) is 16.0. The topological polar surface area (TPSA) is 92.0 Å². The molecular formula is C19H31N5O2. The number of benzene rings is 1. The van der Waals surface area contributed by atoms with Gasteiger partial charge in [-0.25, -0.2) is 9.79 Å². The molecule has 7 heteroatoms. The molecule has 0 bridgehead atoms. The van der Waals surface area contributed by atoms with Gasteiger partial charge in [-0.3, -0.25) is 0 Å². The van der Waals surface area contributed by atoms with Gasteiger partial charge in [0.25, 0.3) is 0 Å². The molecule has 0 radical (unpaired) electrons. The molecule has 1 fully saturated rings. The summed E-state index contributed by atoms with van der Waals surface area (Å²) in [6, 6.07) is 6.13. The Labute approximate surface area is 156 Å². The Morgan fingerprint density at radius 1 is 1.35 bits per heavy atom. The smallest absolute Gasteiger partial charge is 0.314 e. The third-order valence-corrected chi connectivity index (χ3v) is 4.45. The zero-order chi connectivity index (χ0) is 18.9. The van der Waals surface area contributed by atoms with E-state index in [-0.39, 0.29) is 6.03 Å². The number of urea groups is 1. The number of rotatable bonds is 6. The van der Waals surface area contributed by atoms with Crippen molar-refractivity contribution in [2.45, 2.75) is 46.2 Å². The van der Waals surface area contributed by atoms with Crippen LogP contribution in [0.4, 0.5) is 4.79 Å².